The molecule has 0 atom stereocenters. The lowest BCUT2D eigenvalue weighted by Gasteiger charge is -2.09. The van der Waals surface area contributed by atoms with Gasteiger partial charge in [-0.3, -0.25) is 9.59 Å². The molecule has 100 valence electrons. The summed E-state index contributed by atoms with van der Waals surface area (Å²) in [5.74, 6) is 0.0875. The molecule has 4 heteroatoms. The predicted molar refractivity (Wildman–Crippen MR) is 72.1 cm³/mol. The minimum Gasteiger partial charge on any atom is -0.427 e. The molecule has 4 nitrogen and oxygen atoms in total. The number of ether oxygens (including phenoxy) is 2. The molecule has 1 aromatic carbocycles. The van der Waals surface area contributed by atoms with Gasteiger partial charge in [-0.1, -0.05) is 24.8 Å². The number of allylic oxidation sites excluding steroid dienone is 3. The third kappa shape index (κ3) is 5.21. The minimum absolute atomic E-state index is 0.394. The van der Waals surface area contributed by atoms with Gasteiger partial charge in [0, 0.05) is 19.4 Å². The highest BCUT2D eigenvalue weighted by Crippen LogP contribution is 2.25. The number of hydrogen-bond donors (Lipinski definition) is 0. The Morgan fingerprint density at radius 3 is 2.47 bits per heavy atom. The molecule has 0 unspecified atom stereocenters. The van der Waals surface area contributed by atoms with Crippen LogP contribution in [0.25, 0.3) is 0 Å². The Bertz CT molecular complexity index is 515. The molecule has 1 rings (SSSR count). The van der Waals surface area contributed by atoms with Crippen molar-refractivity contribution in [3.63, 3.8) is 0 Å². The topological polar surface area (TPSA) is 52.6 Å². The maximum atomic E-state index is 11.0. The zero-order valence-corrected chi connectivity index (χ0v) is 11.0. The van der Waals surface area contributed by atoms with Crippen molar-refractivity contribution >= 4 is 11.9 Å². The lowest BCUT2D eigenvalue weighted by molar-refractivity contribution is -0.133. The highest BCUT2D eigenvalue weighted by Gasteiger charge is 2.08. The predicted octanol–water partition coefficient (Wildman–Crippen LogP) is 2.82. The van der Waals surface area contributed by atoms with Gasteiger partial charge >= 0.3 is 11.9 Å². The Morgan fingerprint density at radius 2 is 1.89 bits per heavy atom. The van der Waals surface area contributed by atoms with E-state index in [0.717, 1.165) is 5.56 Å². The van der Waals surface area contributed by atoms with Gasteiger partial charge in [-0.2, -0.15) is 0 Å². The van der Waals surface area contributed by atoms with Crippen LogP contribution in [0.2, 0.25) is 0 Å². The van der Waals surface area contributed by atoms with Gasteiger partial charge in [-0.05, 0) is 24.6 Å². The first-order chi connectivity index (χ1) is 9.02. The molecule has 0 bridgehead atoms. The Balaban J connectivity index is 3.02. The quantitative estimate of drug-likeness (QED) is 0.464. The van der Waals surface area contributed by atoms with Crippen molar-refractivity contribution in [2.45, 2.75) is 20.3 Å². The third-order valence-corrected chi connectivity index (χ3v) is 2.16. The summed E-state index contributed by atoms with van der Waals surface area (Å²) >= 11 is 0. The van der Waals surface area contributed by atoms with E-state index >= 15 is 0 Å². The average molecular weight is 260 g/mol. The summed E-state index contributed by atoms with van der Waals surface area (Å²) in [5.41, 5.74) is 0.757. The van der Waals surface area contributed by atoms with Crippen molar-refractivity contribution in [1.29, 1.82) is 0 Å². The SMILES string of the molecule is C=C/C=C/Cc1cc(OC(C)=O)ccc1OC(C)=O. The third-order valence-electron chi connectivity index (χ3n) is 2.16. The maximum Gasteiger partial charge on any atom is 0.308 e. The van der Waals surface area contributed by atoms with E-state index in [1.165, 1.54) is 13.8 Å². The summed E-state index contributed by atoms with van der Waals surface area (Å²) in [5, 5.41) is 0. The van der Waals surface area contributed by atoms with Gasteiger partial charge in [0.05, 0.1) is 0 Å². The molecule has 1 aromatic rings. The second kappa shape index (κ2) is 7.16. The second-order valence-corrected chi connectivity index (χ2v) is 3.82. The van der Waals surface area contributed by atoms with E-state index in [-0.39, 0.29) is 0 Å². The van der Waals surface area contributed by atoms with Crippen molar-refractivity contribution in [3.8, 4) is 11.5 Å². The average Bonchev–Trinajstić information content (AvgIpc) is 2.31. The highest BCUT2D eigenvalue weighted by atomic mass is 16.5. The van der Waals surface area contributed by atoms with Crippen LogP contribution in [0.1, 0.15) is 19.4 Å². The zero-order chi connectivity index (χ0) is 14.3. The molecule has 0 spiro atoms. The van der Waals surface area contributed by atoms with Gasteiger partial charge in [0.15, 0.2) is 0 Å². The Hall–Kier alpha value is -2.36. The van der Waals surface area contributed by atoms with E-state index < -0.39 is 11.9 Å². The fraction of sp³-hybridized carbons (Fsp3) is 0.200. The first kappa shape index (κ1) is 14.7. The molecule has 0 saturated carbocycles. The molecular formula is C15H16O4. The van der Waals surface area contributed by atoms with Crippen molar-refractivity contribution in [2.24, 2.45) is 0 Å². The van der Waals surface area contributed by atoms with E-state index in [1.807, 2.05) is 6.08 Å². The number of rotatable bonds is 5. The first-order valence-corrected chi connectivity index (χ1v) is 5.80. The van der Waals surface area contributed by atoms with Crippen LogP contribution in [0, 0.1) is 0 Å². The molecule has 0 saturated heterocycles. The number of carbonyl (C=O) groups excluding carboxylic acids is 2. The van der Waals surface area contributed by atoms with Crippen LogP contribution < -0.4 is 9.47 Å². The van der Waals surface area contributed by atoms with Gasteiger partial charge in [0.1, 0.15) is 11.5 Å². The van der Waals surface area contributed by atoms with E-state index in [2.05, 4.69) is 6.58 Å². The zero-order valence-electron chi connectivity index (χ0n) is 11.0. The Kier molecular flexibility index (Phi) is 5.54. The molecule has 0 N–H and O–H groups in total. The van der Waals surface area contributed by atoms with Crippen molar-refractivity contribution in [2.75, 3.05) is 0 Å². The van der Waals surface area contributed by atoms with Crippen LogP contribution in [0.15, 0.2) is 43.0 Å². The lowest BCUT2D eigenvalue weighted by atomic mass is 10.1. The monoisotopic (exact) mass is 260 g/mol. The Morgan fingerprint density at radius 1 is 1.21 bits per heavy atom. The van der Waals surface area contributed by atoms with Crippen molar-refractivity contribution < 1.29 is 19.1 Å². The van der Waals surface area contributed by atoms with Crippen LogP contribution in [-0.2, 0) is 16.0 Å². The second-order valence-electron chi connectivity index (χ2n) is 3.82. The van der Waals surface area contributed by atoms with E-state index in [1.54, 1.807) is 30.4 Å². The summed E-state index contributed by atoms with van der Waals surface area (Å²) < 4.78 is 10.1. The van der Waals surface area contributed by atoms with Crippen LogP contribution in [0.4, 0.5) is 0 Å². The molecule has 0 aliphatic carbocycles. The van der Waals surface area contributed by atoms with Gasteiger partial charge in [0.2, 0.25) is 0 Å². The number of benzene rings is 1. The van der Waals surface area contributed by atoms with Crippen LogP contribution in [-0.4, -0.2) is 11.9 Å². The Labute approximate surface area is 112 Å². The minimum atomic E-state index is -0.396. The van der Waals surface area contributed by atoms with E-state index in [4.69, 9.17) is 9.47 Å². The lowest BCUT2D eigenvalue weighted by Crippen LogP contribution is -2.05. The first-order valence-electron chi connectivity index (χ1n) is 5.80. The van der Waals surface area contributed by atoms with Crippen molar-refractivity contribution in [1.82, 2.24) is 0 Å². The molecule has 0 aliphatic heterocycles. The summed E-state index contributed by atoms with van der Waals surface area (Å²) in [6, 6.07) is 4.87. The van der Waals surface area contributed by atoms with E-state index in [9.17, 15) is 9.59 Å². The summed E-state index contributed by atoms with van der Waals surface area (Å²) in [6.07, 6.45) is 5.86. The number of hydrogen-bond acceptors (Lipinski definition) is 4. The molecule has 0 fully saturated rings. The molecule has 0 aromatic heterocycles. The number of carbonyl (C=O) groups is 2. The summed E-state index contributed by atoms with van der Waals surface area (Å²) in [7, 11) is 0. The summed E-state index contributed by atoms with van der Waals surface area (Å²) in [6.45, 7) is 6.25. The van der Waals surface area contributed by atoms with Crippen molar-refractivity contribution in [3.05, 3.63) is 48.6 Å². The van der Waals surface area contributed by atoms with Gasteiger partial charge in [-0.15, -0.1) is 0 Å². The molecule has 0 radical (unpaired) electrons. The molecule has 0 amide bonds. The van der Waals surface area contributed by atoms with Crippen LogP contribution in [0.3, 0.4) is 0 Å². The standard InChI is InChI=1S/C15H16O4/c1-4-5-6-7-13-10-14(18-11(2)16)8-9-15(13)19-12(3)17/h4-6,8-10H,1,7H2,2-3H3/b6-5+. The molecule has 0 heterocycles. The molecular weight excluding hydrogens is 244 g/mol. The van der Waals surface area contributed by atoms with Gasteiger partial charge in [0.25, 0.3) is 0 Å². The normalized spacial score (nSPS) is 10.2. The van der Waals surface area contributed by atoms with Gasteiger partial charge in [-0.25, -0.2) is 0 Å². The van der Waals surface area contributed by atoms with E-state index in [0.29, 0.717) is 17.9 Å². The number of esters is 2. The van der Waals surface area contributed by atoms with Crippen LogP contribution in [0.5, 0.6) is 11.5 Å². The van der Waals surface area contributed by atoms with Crippen LogP contribution >= 0.6 is 0 Å². The fourth-order valence-corrected chi connectivity index (χ4v) is 1.49. The highest BCUT2D eigenvalue weighted by molar-refractivity contribution is 5.71. The smallest absolute Gasteiger partial charge is 0.308 e. The fourth-order valence-electron chi connectivity index (χ4n) is 1.49. The maximum absolute atomic E-state index is 11.0. The molecule has 0 aliphatic rings. The van der Waals surface area contributed by atoms with Gasteiger partial charge < -0.3 is 9.47 Å². The summed E-state index contributed by atoms with van der Waals surface area (Å²) in [4.78, 5) is 21.9. The largest absolute Gasteiger partial charge is 0.427 e. The molecule has 19 heavy (non-hydrogen) atoms.